The summed E-state index contributed by atoms with van der Waals surface area (Å²) in [6.07, 6.45) is 41.1. The lowest BCUT2D eigenvalue weighted by molar-refractivity contribution is -0.909. The van der Waals surface area contributed by atoms with Gasteiger partial charge in [-0.05, 0) is 302 Å². The molecule has 6 unspecified atom stereocenters. The maximum Gasteiger partial charge on any atom is 0.192 e. The highest BCUT2D eigenvalue weighted by Gasteiger charge is 2.41. The summed E-state index contributed by atoms with van der Waals surface area (Å²) in [5, 5.41) is 18.6. The predicted octanol–water partition coefficient (Wildman–Crippen LogP) is 15.0. The minimum atomic E-state index is -1.57. The molecule has 0 radical (unpaired) electrons. The van der Waals surface area contributed by atoms with Crippen LogP contribution in [0.5, 0.6) is 0 Å². The Morgan fingerprint density at radius 1 is 0.505 bits per heavy atom. The molecule has 0 spiro atoms. The highest BCUT2D eigenvalue weighted by molar-refractivity contribution is 8.02. The number of nitrogens with zero attached hydrogens (tertiary/aromatic N) is 6. The summed E-state index contributed by atoms with van der Waals surface area (Å²) in [5.41, 5.74) is 18.1. The first-order chi connectivity index (χ1) is 45.1. The maximum atomic E-state index is 11.2. The van der Waals surface area contributed by atoms with E-state index in [4.69, 9.17) is 26.7 Å². The molecule has 0 amide bonds. The third kappa shape index (κ3) is 40.2. The molecule has 22 heteroatoms. The van der Waals surface area contributed by atoms with Crippen LogP contribution in [0.4, 0.5) is 0 Å². The number of Topliss-reactive ketones (excluding diaryl/α,β-unsaturated/α-hetero) is 2. The van der Waals surface area contributed by atoms with Gasteiger partial charge in [-0.25, -0.2) is 0 Å². The maximum absolute atomic E-state index is 11.2. The Hall–Kier alpha value is 2.39. The molecule has 7 aliphatic carbocycles. The van der Waals surface area contributed by atoms with Crippen LogP contribution in [0.2, 0.25) is 18.1 Å². The van der Waals surface area contributed by atoms with Gasteiger partial charge in [0.15, 0.2) is 8.32 Å². The number of hydrogen-bond donors (Lipinski definition) is 5. The summed E-state index contributed by atoms with van der Waals surface area (Å²) in [7, 11) is 18.3. The van der Waals surface area contributed by atoms with Crippen molar-refractivity contribution in [1.29, 1.82) is 0 Å². The summed E-state index contributed by atoms with van der Waals surface area (Å²) < 4.78 is 14.9. The first-order valence-electron chi connectivity index (χ1n) is 39.3. The molecule has 10 rings (SSSR count). The van der Waals surface area contributed by atoms with E-state index in [1.807, 2.05) is 0 Å². The van der Waals surface area contributed by atoms with Gasteiger partial charge in [0, 0.05) is 92.5 Å². The van der Waals surface area contributed by atoms with Gasteiger partial charge < -0.3 is 60.3 Å². The van der Waals surface area contributed by atoms with Crippen molar-refractivity contribution in [2.75, 3.05) is 74.0 Å². The van der Waals surface area contributed by atoms with Crippen molar-refractivity contribution < 1.29 is 52.7 Å². The van der Waals surface area contributed by atoms with E-state index in [1.54, 1.807) is 0 Å². The zero-order valence-electron chi connectivity index (χ0n) is 65.6. The third-order valence-electron chi connectivity index (χ3n) is 25.3. The van der Waals surface area contributed by atoms with E-state index >= 15 is 0 Å². The van der Waals surface area contributed by atoms with Crippen LogP contribution < -0.4 is 41.2 Å². The summed E-state index contributed by atoms with van der Waals surface area (Å²) in [6, 6.07) is 3.72. The SMILES string of the molecule is C.C.CC1CCC(C)(N2CCC(=O)CC2)CC1.CC1CCC(C)(N2CCC(N)CC2)CC1.CC1CCC(N(C)PP)CC1.CC1CCC(N)CC1.CC[N+]1(C)CCC(=O)CC1.CN(PP)C1CCC(O)CC1.CN(PP)C1CCC(O[Si](C)(C)C(C)(C)C)CC1.NC1CCC(O)CC1.[I-]. The van der Waals surface area contributed by atoms with Crippen molar-refractivity contribution >= 4 is 71.9 Å². The van der Waals surface area contributed by atoms with Crippen molar-refractivity contribution in [3.63, 3.8) is 0 Å². The number of hydrogen-bond acceptors (Lipinski definition) is 13. The molecule has 0 bridgehead atoms. The summed E-state index contributed by atoms with van der Waals surface area (Å²) in [4.78, 5) is 27.4. The van der Waals surface area contributed by atoms with Crippen molar-refractivity contribution in [2.24, 2.45) is 40.9 Å². The van der Waals surface area contributed by atoms with Gasteiger partial charge in [0.05, 0.1) is 51.7 Å². The Morgan fingerprint density at radius 2 is 0.788 bits per heavy atom. The van der Waals surface area contributed by atoms with Crippen LogP contribution in [-0.2, 0) is 14.0 Å². The minimum Gasteiger partial charge on any atom is -1.00 e. The standard InChI is InChI=1S/C13H26N2.C13H31NOP2Si.C13H23NO.C8H16NO.C8H19NP2.C7H17NOP2.C7H15N.C6H13NO.2CH4.HI/c1-11-3-7-13(2,8-4-11)15-9-5-12(14)6-10-15;1-13(2,3)18(5,6)15-12-9-7-11(8-10-12)14(4)17-16;1-11-3-7-13(2,8-4-11)14-9-5-12(15)6-10-14;1-3-9(2)6-4-8(10)5-7-9;1-7-3-5-8(6-4-7)9(2)11-10;1-8(11-10)6-2-4-7(9)5-3-6;1-6-2-4-7(8)5-3-6;7-5-1-3-6(8)4-2-5;;;/h11-12H,3-10,14H2,1-2H3;11-12,17H,7-10,16H2,1-6H3;11H,3-10H2,1-2H3;3-7H2,1-2H3;7-8,11H,3-6,10H2,1-2H3;6-7,9,11H,2-5,10H2,1H3;6-7H,2-5,8H2,1H3;5-6,8H,1-4,7H2;2*1H4;1H/q;;;+1;;;;;;;/p-1. The first kappa shape index (κ1) is 101. The zero-order valence-corrected chi connectivity index (χ0v) is 75.3. The Labute approximate surface area is 645 Å². The van der Waals surface area contributed by atoms with Gasteiger partial charge in [0.1, 0.15) is 11.6 Å². The van der Waals surface area contributed by atoms with Gasteiger partial charge in [-0.1, -0.05) is 90.1 Å². The molecule has 14 nitrogen and oxygen atoms in total. The lowest BCUT2D eigenvalue weighted by atomic mass is 9.76. The molecular formula is C77H168IN9O5P6Si. The van der Waals surface area contributed by atoms with Gasteiger partial charge in [-0.15, -0.1) is 0 Å². The van der Waals surface area contributed by atoms with Crippen molar-refractivity contribution in [3.8, 4) is 0 Å². The van der Waals surface area contributed by atoms with E-state index < -0.39 is 8.32 Å². The van der Waals surface area contributed by atoms with E-state index in [-0.39, 0.29) is 51.0 Å². The van der Waals surface area contributed by atoms with Crippen LogP contribution in [-0.4, -0.2) is 198 Å². The van der Waals surface area contributed by atoms with Gasteiger partial charge in [0.25, 0.3) is 0 Å². The van der Waals surface area contributed by atoms with Crippen molar-refractivity contribution in [2.45, 2.75) is 386 Å². The molecule has 99 heavy (non-hydrogen) atoms. The Bertz CT molecular complexity index is 1950. The van der Waals surface area contributed by atoms with Crippen LogP contribution in [0, 0.1) is 23.7 Å². The molecule has 10 aliphatic rings. The second kappa shape index (κ2) is 52.5. The average Bonchev–Trinajstić information content (AvgIpc) is 0.832. The van der Waals surface area contributed by atoms with E-state index in [2.05, 4.69) is 161 Å². The second-order valence-corrected chi connectivity index (χ2v) is 44.6. The number of ketones is 2. The summed E-state index contributed by atoms with van der Waals surface area (Å²) in [6.45, 7) is 35.9. The molecule has 7 saturated carbocycles. The predicted molar refractivity (Wildman–Crippen MR) is 450 cm³/mol. The van der Waals surface area contributed by atoms with Gasteiger partial charge >= 0.3 is 0 Å². The fourth-order valence-corrected chi connectivity index (χ4v) is 20.1. The first-order valence-corrected chi connectivity index (χ1v) is 50.5. The van der Waals surface area contributed by atoms with Gasteiger partial charge in [0.2, 0.25) is 0 Å². The van der Waals surface area contributed by atoms with E-state index in [0.29, 0.717) is 58.0 Å². The van der Waals surface area contributed by atoms with Crippen LogP contribution in [0.15, 0.2) is 0 Å². The molecule has 10 fully saturated rings. The number of aliphatic hydroxyl groups excluding tert-OH is 2. The number of halogens is 1. The second-order valence-electron chi connectivity index (χ2n) is 34.6. The molecule has 3 heterocycles. The Balaban J connectivity index is 0.00000112. The molecule has 592 valence electrons. The number of carbonyl (C=O) groups excluding carboxylic acids is 2. The minimum absolute atomic E-state index is 0. The molecule has 0 aromatic heterocycles. The number of nitrogens with two attached hydrogens (primary N) is 3. The molecule has 6 atom stereocenters. The molecule has 8 N–H and O–H groups in total. The lowest BCUT2D eigenvalue weighted by Crippen LogP contribution is -3.00. The highest BCUT2D eigenvalue weighted by atomic mass is 127. The molecule has 3 saturated heterocycles. The smallest absolute Gasteiger partial charge is 0.192 e. The molecule has 0 aromatic rings. The number of rotatable bonds is 11. The van der Waals surface area contributed by atoms with E-state index in [1.165, 1.54) is 167 Å². The number of piperidine rings is 3. The quantitative estimate of drug-likeness (QED) is 0.0572. The Kier molecular flexibility index (Phi) is 53.8. The Morgan fingerprint density at radius 3 is 1.11 bits per heavy atom. The monoisotopic (exact) mass is 1640 g/mol. The molecular weight excluding hydrogens is 1470 g/mol. The van der Waals surface area contributed by atoms with Gasteiger partial charge in [-0.2, -0.15) is 0 Å². The fourth-order valence-electron chi connectivity index (χ4n) is 15.4. The van der Waals surface area contributed by atoms with Crippen LogP contribution >= 0.6 is 52.0 Å². The molecule has 0 aromatic carbocycles. The van der Waals surface area contributed by atoms with E-state index in [9.17, 15) is 14.7 Å². The van der Waals surface area contributed by atoms with Crippen LogP contribution in [0.3, 0.4) is 0 Å². The highest BCUT2D eigenvalue weighted by Crippen LogP contribution is 2.43. The topological polar surface area (TPSA) is 178 Å². The van der Waals surface area contributed by atoms with Gasteiger partial charge in [-0.3, -0.25) is 33.4 Å². The molecule has 3 aliphatic heterocycles. The number of aliphatic hydroxyl groups is 2. The average molecular weight is 1640 g/mol. The van der Waals surface area contributed by atoms with Crippen LogP contribution in [0.25, 0.3) is 0 Å². The lowest BCUT2D eigenvalue weighted by Gasteiger charge is -2.48. The zero-order chi connectivity index (χ0) is 71.9. The fraction of sp³-hybridized carbons (Fsp3) is 0.974. The largest absolute Gasteiger partial charge is 1.00 e. The van der Waals surface area contributed by atoms with E-state index in [0.717, 1.165) is 162 Å². The summed E-state index contributed by atoms with van der Waals surface area (Å²) >= 11 is 0. The van der Waals surface area contributed by atoms with Crippen LogP contribution in [0.1, 0.15) is 302 Å². The third-order valence-corrected chi connectivity index (χ3v) is 35.9. The summed E-state index contributed by atoms with van der Waals surface area (Å²) in [5.74, 6) is 4.68. The van der Waals surface area contributed by atoms with Crippen molar-refractivity contribution in [3.05, 3.63) is 0 Å². The number of quaternary nitrogens is 1. The normalized spacial score (nSPS) is 33.5. The van der Waals surface area contributed by atoms with Crippen molar-refractivity contribution in [1.82, 2.24) is 23.8 Å². The number of carbonyl (C=O) groups is 2. The number of likely N-dealkylation sites (tertiary alicyclic amines) is 3.